The number of aryl methyl sites for hydroxylation is 1. The van der Waals surface area contributed by atoms with E-state index in [0.717, 1.165) is 31.2 Å². The van der Waals surface area contributed by atoms with Gasteiger partial charge in [-0.1, -0.05) is 16.8 Å². The molecule has 2 unspecified atom stereocenters. The normalized spacial score (nSPS) is 23.6. The number of hydrogen-bond donors (Lipinski definition) is 2. The Bertz CT molecular complexity index is 488. The van der Waals surface area contributed by atoms with Crippen molar-refractivity contribution in [2.75, 3.05) is 7.11 Å². The first-order chi connectivity index (χ1) is 9.63. The summed E-state index contributed by atoms with van der Waals surface area (Å²) in [6.45, 7) is 1.96. The van der Waals surface area contributed by atoms with Crippen molar-refractivity contribution in [3.05, 3.63) is 29.3 Å². The summed E-state index contributed by atoms with van der Waals surface area (Å²) in [5, 5.41) is 12.0. The van der Waals surface area contributed by atoms with Crippen molar-refractivity contribution in [1.29, 1.82) is 0 Å². The third-order valence-corrected chi connectivity index (χ3v) is 3.72. The van der Waals surface area contributed by atoms with Crippen LogP contribution < -0.4 is 10.5 Å². The second-order valence-corrected chi connectivity index (χ2v) is 5.25. The topological polar surface area (TPSA) is 77.1 Å². The predicted octanol–water partition coefficient (Wildman–Crippen LogP) is 2.43. The molecule has 1 aromatic carbocycles. The molecule has 0 heterocycles. The lowest BCUT2D eigenvalue weighted by Gasteiger charge is -2.29. The number of oxime groups is 1. The first-order valence-corrected chi connectivity index (χ1v) is 6.92. The molecule has 1 aliphatic carbocycles. The van der Waals surface area contributed by atoms with Gasteiger partial charge in [-0.3, -0.25) is 0 Å². The van der Waals surface area contributed by atoms with E-state index in [4.69, 9.17) is 20.4 Å². The Morgan fingerprint density at radius 1 is 1.35 bits per heavy atom. The summed E-state index contributed by atoms with van der Waals surface area (Å²) in [7, 11) is 1.74. The summed E-state index contributed by atoms with van der Waals surface area (Å²) < 4.78 is 11.5. The minimum Gasteiger partial charge on any atom is -0.490 e. The zero-order valence-corrected chi connectivity index (χ0v) is 12.0. The monoisotopic (exact) mass is 278 g/mol. The van der Waals surface area contributed by atoms with Gasteiger partial charge in [-0.2, -0.15) is 0 Å². The molecule has 0 aliphatic heterocycles. The lowest BCUT2D eigenvalue weighted by molar-refractivity contribution is 0.0209. The third kappa shape index (κ3) is 3.42. The van der Waals surface area contributed by atoms with E-state index < -0.39 is 0 Å². The molecule has 5 nitrogen and oxygen atoms in total. The maximum absolute atomic E-state index is 8.88. The van der Waals surface area contributed by atoms with Crippen LogP contribution in [0.3, 0.4) is 0 Å². The molecule has 0 radical (unpaired) electrons. The maximum Gasteiger partial charge on any atom is 0.173 e. The molecule has 1 fully saturated rings. The van der Waals surface area contributed by atoms with Gasteiger partial charge in [-0.05, 0) is 38.3 Å². The van der Waals surface area contributed by atoms with Gasteiger partial charge in [-0.25, -0.2) is 0 Å². The molecular formula is C15H22N2O3. The van der Waals surface area contributed by atoms with E-state index in [1.54, 1.807) is 7.11 Å². The van der Waals surface area contributed by atoms with Crippen molar-refractivity contribution < 1.29 is 14.7 Å². The van der Waals surface area contributed by atoms with Crippen LogP contribution in [-0.2, 0) is 4.74 Å². The van der Waals surface area contributed by atoms with Crippen LogP contribution >= 0.6 is 0 Å². The Morgan fingerprint density at radius 3 is 2.80 bits per heavy atom. The van der Waals surface area contributed by atoms with Gasteiger partial charge in [0.25, 0.3) is 0 Å². The number of nitrogens with zero attached hydrogens (tertiary/aromatic N) is 1. The van der Waals surface area contributed by atoms with Gasteiger partial charge < -0.3 is 20.4 Å². The summed E-state index contributed by atoms with van der Waals surface area (Å²) in [6.07, 6.45) is 4.42. The average molecular weight is 278 g/mol. The van der Waals surface area contributed by atoms with E-state index in [-0.39, 0.29) is 18.0 Å². The van der Waals surface area contributed by atoms with E-state index in [1.807, 2.05) is 25.1 Å². The first-order valence-electron chi connectivity index (χ1n) is 6.92. The highest BCUT2D eigenvalue weighted by Gasteiger charge is 2.24. The predicted molar refractivity (Wildman–Crippen MR) is 77.4 cm³/mol. The molecule has 2 rings (SSSR count). The van der Waals surface area contributed by atoms with Gasteiger partial charge in [0.2, 0.25) is 0 Å². The van der Waals surface area contributed by atoms with Crippen LogP contribution in [-0.4, -0.2) is 30.4 Å². The number of hydrogen-bond acceptors (Lipinski definition) is 4. The van der Waals surface area contributed by atoms with Crippen molar-refractivity contribution in [1.82, 2.24) is 0 Å². The molecule has 1 aliphatic rings. The van der Waals surface area contributed by atoms with Crippen LogP contribution in [0.5, 0.6) is 5.75 Å². The van der Waals surface area contributed by atoms with Crippen LogP contribution in [0.25, 0.3) is 0 Å². The van der Waals surface area contributed by atoms with Crippen molar-refractivity contribution >= 4 is 5.84 Å². The molecule has 0 spiro atoms. The van der Waals surface area contributed by atoms with Crippen molar-refractivity contribution in [2.24, 2.45) is 10.9 Å². The molecule has 1 aromatic rings. The number of ether oxygens (including phenoxy) is 2. The fourth-order valence-corrected chi connectivity index (χ4v) is 2.60. The van der Waals surface area contributed by atoms with Gasteiger partial charge in [-0.15, -0.1) is 0 Å². The fraction of sp³-hybridized carbons (Fsp3) is 0.533. The van der Waals surface area contributed by atoms with Crippen molar-refractivity contribution in [3.63, 3.8) is 0 Å². The zero-order chi connectivity index (χ0) is 14.5. The van der Waals surface area contributed by atoms with Crippen molar-refractivity contribution in [3.8, 4) is 5.75 Å². The molecule has 0 aromatic heterocycles. The molecule has 5 heteroatoms. The Labute approximate surface area is 119 Å². The highest BCUT2D eigenvalue weighted by atomic mass is 16.5. The lowest BCUT2D eigenvalue weighted by atomic mass is 9.94. The number of benzene rings is 1. The van der Waals surface area contributed by atoms with Gasteiger partial charge in [0.15, 0.2) is 5.84 Å². The molecule has 2 atom stereocenters. The highest BCUT2D eigenvalue weighted by Crippen LogP contribution is 2.28. The lowest BCUT2D eigenvalue weighted by Crippen LogP contribution is -2.30. The molecule has 3 N–H and O–H groups in total. The minimum absolute atomic E-state index is 0.0720. The summed E-state index contributed by atoms with van der Waals surface area (Å²) in [5.74, 6) is 0.732. The summed E-state index contributed by atoms with van der Waals surface area (Å²) in [4.78, 5) is 0. The Morgan fingerprint density at radius 2 is 2.10 bits per heavy atom. The van der Waals surface area contributed by atoms with E-state index >= 15 is 0 Å². The largest absolute Gasteiger partial charge is 0.490 e. The Hall–Kier alpha value is -1.75. The van der Waals surface area contributed by atoms with Gasteiger partial charge in [0, 0.05) is 13.5 Å². The molecule has 0 bridgehead atoms. The summed E-state index contributed by atoms with van der Waals surface area (Å²) >= 11 is 0. The smallest absolute Gasteiger partial charge is 0.173 e. The Kier molecular flexibility index (Phi) is 4.84. The highest BCUT2D eigenvalue weighted by molar-refractivity contribution is 5.99. The van der Waals surface area contributed by atoms with E-state index in [9.17, 15) is 0 Å². The molecule has 1 saturated carbocycles. The Balaban J connectivity index is 2.16. The zero-order valence-electron chi connectivity index (χ0n) is 12.0. The molecule has 110 valence electrons. The second kappa shape index (κ2) is 6.61. The summed E-state index contributed by atoms with van der Waals surface area (Å²) in [6, 6.07) is 5.69. The van der Waals surface area contributed by atoms with Crippen LogP contribution in [0.2, 0.25) is 0 Å². The quantitative estimate of drug-likeness (QED) is 0.384. The number of nitrogens with two attached hydrogens (primary N) is 1. The second-order valence-electron chi connectivity index (χ2n) is 5.25. The number of amidine groups is 1. The van der Waals surface area contributed by atoms with Gasteiger partial charge in [0.1, 0.15) is 11.9 Å². The van der Waals surface area contributed by atoms with E-state index in [2.05, 4.69) is 5.16 Å². The van der Waals surface area contributed by atoms with Gasteiger partial charge in [0.05, 0.1) is 11.7 Å². The SMILES string of the molecule is COC1CCCC(Oc2ccc(C)cc2/C(N)=N/O)C1. The average Bonchev–Trinajstić information content (AvgIpc) is 2.48. The molecule has 0 amide bonds. The number of rotatable bonds is 4. The van der Waals surface area contributed by atoms with Crippen LogP contribution in [0.15, 0.2) is 23.4 Å². The third-order valence-electron chi connectivity index (χ3n) is 3.72. The van der Waals surface area contributed by atoms with E-state index in [1.165, 1.54) is 0 Å². The fourth-order valence-electron chi connectivity index (χ4n) is 2.60. The standard InChI is InChI=1S/C15H22N2O3/c1-10-6-7-14(13(8-10)15(16)17-18)20-12-5-3-4-11(9-12)19-2/h6-8,11-12,18H,3-5,9H2,1-2H3,(H2,16,17). The van der Waals surface area contributed by atoms with E-state index in [0.29, 0.717) is 11.3 Å². The molecule has 20 heavy (non-hydrogen) atoms. The van der Waals surface area contributed by atoms with Crippen LogP contribution in [0.4, 0.5) is 0 Å². The van der Waals surface area contributed by atoms with Crippen LogP contribution in [0.1, 0.15) is 36.8 Å². The first kappa shape index (κ1) is 14.7. The molecule has 0 saturated heterocycles. The van der Waals surface area contributed by atoms with Crippen molar-refractivity contribution in [2.45, 2.75) is 44.8 Å². The summed E-state index contributed by atoms with van der Waals surface area (Å²) in [5.41, 5.74) is 7.39. The number of methoxy groups -OCH3 is 1. The molecular weight excluding hydrogens is 256 g/mol. The maximum atomic E-state index is 8.88. The minimum atomic E-state index is 0.0720. The van der Waals surface area contributed by atoms with Crippen LogP contribution in [0, 0.1) is 6.92 Å². The van der Waals surface area contributed by atoms with Gasteiger partial charge >= 0.3 is 0 Å².